The van der Waals surface area contributed by atoms with Crippen molar-refractivity contribution in [3.05, 3.63) is 57.6 Å². The average molecular weight is 313 g/mol. The lowest BCUT2D eigenvalue weighted by molar-refractivity contribution is -0.384. The minimum absolute atomic E-state index is 0.0571. The van der Waals surface area contributed by atoms with Crippen molar-refractivity contribution in [3.8, 4) is 5.75 Å². The predicted octanol–water partition coefficient (Wildman–Crippen LogP) is 4.67. The van der Waals surface area contributed by atoms with Crippen molar-refractivity contribution in [1.82, 2.24) is 0 Å². The smallest absolute Gasteiger partial charge is 0.296 e. The van der Waals surface area contributed by atoms with Crippen molar-refractivity contribution in [2.45, 2.75) is 13.8 Å². The second-order valence-electron chi connectivity index (χ2n) is 4.66. The summed E-state index contributed by atoms with van der Waals surface area (Å²) in [4.78, 5) is 10.6. The number of azo groups is 1. The van der Waals surface area contributed by atoms with E-state index in [0.29, 0.717) is 11.4 Å². The molecule has 0 unspecified atom stereocenters. The van der Waals surface area contributed by atoms with E-state index in [2.05, 4.69) is 10.2 Å². The third kappa shape index (κ3) is 4.86. The first-order valence-electron chi connectivity index (χ1n) is 6.52. The Balaban J connectivity index is 0.00000127. The standard InChI is InChI=1S/C15H15N3O3.N2/c1-10-4-5-14(15(8-10)18(19)20)17-16-12-6-11(2)7-13(9-12)21-3;1-2/h4-9H,1-3H3;. The summed E-state index contributed by atoms with van der Waals surface area (Å²) in [6.45, 7) is 3.70. The molecule has 0 saturated carbocycles. The molecule has 0 fully saturated rings. The fraction of sp³-hybridized carbons (Fsp3) is 0.200. The molecule has 0 bridgehead atoms. The van der Waals surface area contributed by atoms with Gasteiger partial charge in [-0.1, -0.05) is 6.07 Å². The molecule has 23 heavy (non-hydrogen) atoms. The molecule has 0 aliphatic heterocycles. The molecule has 0 heterocycles. The molecule has 0 saturated heterocycles. The molecule has 0 radical (unpaired) electrons. The van der Waals surface area contributed by atoms with Gasteiger partial charge >= 0.3 is 0 Å². The largest absolute Gasteiger partial charge is 0.497 e. The van der Waals surface area contributed by atoms with Gasteiger partial charge in [-0.3, -0.25) is 10.1 Å². The third-order valence-corrected chi connectivity index (χ3v) is 2.87. The van der Waals surface area contributed by atoms with Gasteiger partial charge in [0.1, 0.15) is 5.75 Å². The highest BCUT2D eigenvalue weighted by atomic mass is 16.6. The molecule has 0 N–H and O–H groups in total. The van der Waals surface area contributed by atoms with Gasteiger partial charge in [-0.05, 0) is 43.2 Å². The number of benzene rings is 2. The van der Waals surface area contributed by atoms with Gasteiger partial charge in [-0.25, -0.2) is 0 Å². The number of rotatable bonds is 4. The Labute approximate surface area is 133 Å². The van der Waals surface area contributed by atoms with E-state index in [9.17, 15) is 10.1 Å². The molecule has 2 aromatic carbocycles. The Morgan fingerprint density at radius 1 is 1.04 bits per heavy atom. The summed E-state index contributed by atoms with van der Waals surface area (Å²) in [5.41, 5.74) is 2.53. The lowest BCUT2D eigenvalue weighted by Gasteiger charge is -2.02. The Morgan fingerprint density at radius 2 is 1.74 bits per heavy atom. The first kappa shape index (κ1) is 17.7. The molecular weight excluding hydrogens is 298 g/mol. The molecule has 0 aromatic heterocycles. The number of nitrogens with zero attached hydrogens (tertiary/aromatic N) is 5. The van der Waals surface area contributed by atoms with Crippen LogP contribution in [0, 0.1) is 34.7 Å². The van der Waals surface area contributed by atoms with Gasteiger partial charge in [-0.2, -0.15) is 5.11 Å². The Morgan fingerprint density at radius 3 is 2.35 bits per heavy atom. The molecular formula is C15H15N5O3. The van der Waals surface area contributed by atoms with Crippen LogP contribution in [0.4, 0.5) is 17.1 Å². The van der Waals surface area contributed by atoms with E-state index in [-0.39, 0.29) is 11.4 Å². The monoisotopic (exact) mass is 313 g/mol. The Hall–Kier alpha value is -3.34. The van der Waals surface area contributed by atoms with E-state index in [1.807, 2.05) is 19.1 Å². The third-order valence-electron chi connectivity index (χ3n) is 2.87. The topological polar surface area (TPSA) is 125 Å². The van der Waals surface area contributed by atoms with E-state index in [4.69, 9.17) is 15.5 Å². The molecule has 0 amide bonds. The van der Waals surface area contributed by atoms with E-state index in [1.54, 1.807) is 32.2 Å². The molecule has 8 heteroatoms. The zero-order chi connectivity index (χ0) is 17.4. The molecule has 2 rings (SSSR count). The van der Waals surface area contributed by atoms with Gasteiger partial charge in [0, 0.05) is 22.9 Å². The minimum Gasteiger partial charge on any atom is -0.497 e. The van der Waals surface area contributed by atoms with Gasteiger partial charge in [0.15, 0.2) is 5.69 Å². The summed E-state index contributed by atoms with van der Waals surface area (Å²) in [6, 6.07) is 10.2. The zero-order valence-electron chi connectivity index (χ0n) is 12.9. The van der Waals surface area contributed by atoms with Crippen molar-refractivity contribution in [2.24, 2.45) is 10.2 Å². The van der Waals surface area contributed by atoms with Crippen LogP contribution in [0.15, 0.2) is 46.6 Å². The maximum Gasteiger partial charge on any atom is 0.296 e. The van der Waals surface area contributed by atoms with Crippen LogP contribution in [-0.2, 0) is 0 Å². The lowest BCUT2D eigenvalue weighted by Crippen LogP contribution is -1.89. The predicted molar refractivity (Wildman–Crippen MR) is 83.2 cm³/mol. The summed E-state index contributed by atoms with van der Waals surface area (Å²) >= 11 is 0. The molecule has 2 aromatic rings. The first-order valence-corrected chi connectivity index (χ1v) is 6.52. The normalized spacial score (nSPS) is 9.96. The SMILES string of the molecule is COc1cc(C)cc(N=Nc2ccc(C)cc2[N+](=O)[O-])c1.N#N. The number of ether oxygens (including phenoxy) is 1. The molecule has 0 aliphatic carbocycles. The highest BCUT2D eigenvalue weighted by Gasteiger charge is 2.13. The number of hydrogen-bond donors (Lipinski definition) is 0. The Bertz CT molecular complexity index is 756. The summed E-state index contributed by atoms with van der Waals surface area (Å²) in [6.07, 6.45) is 0. The second-order valence-corrected chi connectivity index (χ2v) is 4.66. The van der Waals surface area contributed by atoms with E-state index in [1.165, 1.54) is 6.07 Å². The van der Waals surface area contributed by atoms with E-state index >= 15 is 0 Å². The number of aryl methyl sites for hydroxylation is 2. The summed E-state index contributed by atoms with van der Waals surface area (Å²) in [5, 5.41) is 31.1. The molecule has 118 valence electrons. The van der Waals surface area contributed by atoms with Crippen LogP contribution in [0.25, 0.3) is 0 Å². The van der Waals surface area contributed by atoms with Crippen LogP contribution in [0.1, 0.15) is 11.1 Å². The quantitative estimate of drug-likeness (QED) is 0.351. The maximum absolute atomic E-state index is 11.0. The van der Waals surface area contributed by atoms with Crippen molar-refractivity contribution in [1.29, 1.82) is 10.8 Å². The minimum atomic E-state index is -0.460. The molecule has 0 atom stereocenters. The van der Waals surface area contributed by atoms with Crippen LogP contribution in [-0.4, -0.2) is 12.0 Å². The summed E-state index contributed by atoms with van der Waals surface area (Å²) in [5.74, 6) is 0.669. The Kier molecular flexibility index (Phi) is 6.30. The van der Waals surface area contributed by atoms with Crippen LogP contribution in [0.2, 0.25) is 0 Å². The van der Waals surface area contributed by atoms with Crippen molar-refractivity contribution in [3.63, 3.8) is 0 Å². The van der Waals surface area contributed by atoms with E-state index in [0.717, 1.165) is 11.1 Å². The van der Waals surface area contributed by atoms with Crippen LogP contribution < -0.4 is 4.74 Å². The molecule has 8 nitrogen and oxygen atoms in total. The number of nitro benzene ring substituents is 1. The highest BCUT2D eigenvalue weighted by molar-refractivity contribution is 5.58. The van der Waals surface area contributed by atoms with Crippen molar-refractivity contribution >= 4 is 17.1 Å². The molecule has 0 spiro atoms. The van der Waals surface area contributed by atoms with Gasteiger partial charge in [-0.15, -0.1) is 5.11 Å². The number of methoxy groups -OCH3 is 1. The highest BCUT2D eigenvalue weighted by Crippen LogP contribution is 2.30. The summed E-state index contributed by atoms with van der Waals surface area (Å²) in [7, 11) is 1.57. The van der Waals surface area contributed by atoms with Crippen molar-refractivity contribution < 1.29 is 9.66 Å². The first-order chi connectivity index (χ1) is 11.0. The van der Waals surface area contributed by atoms with E-state index < -0.39 is 4.92 Å². The average Bonchev–Trinajstić information content (AvgIpc) is 2.54. The van der Waals surface area contributed by atoms with Crippen LogP contribution >= 0.6 is 0 Å². The maximum atomic E-state index is 11.0. The van der Waals surface area contributed by atoms with Crippen LogP contribution in [0.3, 0.4) is 0 Å². The second kappa shape index (κ2) is 8.19. The summed E-state index contributed by atoms with van der Waals surface area (Å²) < 4.78 is 5.16. The van der Waals surface area contributed by atoms with Gasteiger partial charge in [0.2, 0.25) is 0 Å². The zero-order valence-corrected chi connectivity index (χ0v) is 12.9. The molecule has 0 aliphatic rings. The fourth-order valence-electron chi connectivity index (χ4n) is 1.88. The van der Waals surface area contributed by atoms with Gasteiger partial charge in [0.25, 0.3) is 5.69 Å². The lowest BCUT2D eigenvalue weighted by atomic mass is 10.2. The fourth-order valence-corrected chi connectivity index (χ4v) is 1.88. The van der Waals surface area contributed by atoms with Crippen LogP contribution in [0.5, 0.6) is 5.75 Å². The van der Waals surface area contributed by atoms with Gasteiger partial charge < -0.3 is 4.74 Å². The number of nitro groups is 1. The number of hydrogen-bond acceptors (Lipinski definition) is 7. The van der Waals surface area contributed by atoms with Crippen molar-refractivity contribution in [2.75, 3.05) is 7.11 Å². The van der Waals surface area contributed by atoms with Gasteiger partial charge in [0.05, 0.1) is 17.7 Å².